The van der Waals surface area contributed by atoms with Crippen LogP contribution in [0.15, 0.2) is 11.1 Å². The van der Waals surface area contributed by atoms with Crippen molar-refractivity contribution in [2.24, 2.45) is 5.41 Å². The van der Waals surface area contributed by atoms with E-state index in [0.717, 1.165) is 26.1 Å². The van der Waals surface area contributed by atoms with Gasteiger partial charge in [0, 0.05) is 13.1 Å². The minimum absolute atomic E-state index is 0.114. The lowest BCUT2D eigenvalue weighted by molar-refractivity contribution is 0.199. The molecule has 1 aromatic rings. The zero-order valence-electron chi connectivity index (χ0n) is 8.42. The molecule has 1 unspecified atom stereocenters. The summed E-state index contributed by atoms with van der Waals surface area (Å²) in [6.45, 7) is 5.02. The van der Waals surface area contributed by atoms with Gasteiger partial charge in [-0.2, -0.15) is 5.10 Å². The topological polar surface area (TPSA) is 62.7 Å². The first-order valence-corrected chi connectivity index (χ1v) is 5.00. The molecular formula is C9H16N4O. The molecule has 0 aromatic carbocycles. The van der Waals surface area contributed by atoms with E-state index < -0.39 is 0 Å². The van der Waals surface area contributed by atoms with E-state index in [0.29, 0.717) is 0 Å². The molecule has 0 radical (unpaired) electrons. The zero-order chi connectivity index (χ0) is 10.0. The van der Waals surface area contributed by atoms with Crippen LogP contribution in [0.5, 0.6) is 0 Å². The second kappa shape index (κ2) is 3.57. The number of nitrogens with one attached hydrogen (secondary N) is 2. The first-order chi connectivity index (χ1) is 6.70. The van der Waals surface area contributed by atoms with Gasteiger partial charge in [0.25, 0.3) is 0 Å². The molecule has 14 heavy (non-hydrogen) atoms. The molecule has 1 aliphatic rings. The van der Waals surface area contributed by atoms with Gasteiger partial charge in [-0.15, -0.1) is 0 Å². The van der Waals surface area contributed by atoms with E-state index in [4.69, 9.17) is 0 Å². The van der Waals surface area contributed by atoms with Crippen molar-refractivity contribution in [1.29, 1.82) is 0 Å². The molecule has 2 heterocycles. The maximum absolute atomic E-state index is 11.3. The third-order valence-corrected chi connectivity index (χ3v) is 2.86. The van der Waals surface area contributed by atoms with Crippen molar-refractivity contribution in [2.45, 2.75) is 26.3 Å². The first-order valence-electron chi connectivity index (χ1n) is 5.00. The number of aromatic nitrogens is 3. The molecule has 5 heteroatoms. The number of hydrogen-bond donors (Lipinski definition) is 2. The highest BCUT2D eigenvalue weighted by Gasteiger charge is 2.27. The van der Waals surface area contributed by atoms with Crippen molar-refractivity contribution >= 4 is 0 Å². The SMILES string of the molecule is CC1(Cn2cn[nH]c2=O)CCCNC1. The highest BCUT2D eigenvalue weighted by Crippen LogP contribution is 2.26. The lowest BCUT2D eigenvalue weighted by Gasteiger charge is -2.33. The molecule has 1 saturated heterocycles. The molecule has 5 nitrogen and oxygen atoms in total. The van der Waals surface area contributed by atoms with Gasteiger partial charge in [0.15, 0.2) is 0 Å². The smallest absolute Gasteiger partial charge is 0.316 e. The average molecular weight is 196 g/mol. The van der Waals surface area contributed by atoms with E-state index in [-0.39, 0.29) is 11.1 Å². The minimum Gasteiger partial charge on any atom is -0.316 e. The fraction of sp³-hybridized carbons (Fsp3) is 0.778. The third-order valence-electron chi connectivity index (χ3n) is 2.86. The summed E-state index contributed by atoms with van der Waals surface area (Å²) in [7, 11) is 0. The van der Waals surface area contributed by atoms with E-state index >= 15 is 0 Å². The van der Waals surface area contributed by atoms with Crippen molar-refractivity contribution in [2.75, 3.05) is 13.1 Å². The van der Waals surface area contributed by atoms with Crippen LogP contribution in [0.3, 0.4) is 0 Å². The summed E-state index contributed by atoms with van der Waals surface area (Å²) in [6.07, 6.45) is 3.92. The lowest BCUT2D eigenvalue weighted by Crippen LogP contribution is -2.42. The Balaban J connectivity index is 2.09. The van der Waals surface area contributed by atoms with Crippen molar-refractivity contribution in [3.05, 3.63) is 16.8 Å². The Morgan fingerprint density at radius 2 is 2.57 bits per heavy atom. The van der Waals surface area contributed by atoms with Crippen LogP contribution in [0.4, 0.5) is 0 Å². The number of rotatable bonds is 2. The van der Waals surface area contributed by atoms with Gasteiger partial charge in [-0.3, -0.25) is 4.57 Å². The molecular weight excluding hydrogens is 180 g/mol. The predicted octanol–water partition coefficient (Wildman–Crippen LogP) is -0.0389. The van der Waals surface area contributed by atoms with Crippen LogP contribution in [-0.2, 0) is 6.54 Å². The van der Waals surface area contributed by atoms with Gasteiger partial charge in [-0.1, -0.05) is 6.92 Å². The van der Waals surface area contributed by atoms with E-state index in [1.54, 1.807) is 10.9 Å². The maximum Gasteiger partial charge on any atom is 0.343 e. The van der Waals surface area contributed by atoms with Crippen molar-refractivity contribution in [3.8, 4) is 0 Å². The van der Waals surface area contributed by atoms with Crippen molar-refractivity contribution in [3.63, 3.8) is 0 Å². The second-order valence-corrected chi connectivity index (χ2v) is 4.38. The summed E-state index contributed by atoms with van der Waals surface area (Å²) in [4.78, 5) is 11.3. The Morgan fingerprint density at radius 3 is 3.14 bits per heavy atom. The van der Waals surface area contributed by atoms with E-state index in [1.165, 1.54) is 6.42 Å². The number of H-pyrrole nitrogens is 1. The van der Waals surface area contributed by atoms with Crippen LogP contribution in [0.25, 0.3) is 0 Å². The number of piperidine rings is 1. The monoisotopic (exact) mass is 196 g/mol. The van der Waals surface area contributed by atoms with Gasteiger partial charge in [0.1, 0.15) is 6.33 Å². The molecule has 78 valence electrons. The van der Waals surface area contributed by atoms with E-state index in [9.17, 15) is 4.79 Å². The molecule has 0 aliphatic carbocycles. The van der Waals surface area contributed by atoms with Crippen LogP contribution >= 0.6 is 0 Å². The Labute approximate surface area is 82.5 Å². The van der Waals surface area contributed by atoms with Crippen LogP contribution in [0.1, 0.15) is 19.8 Å². The molecule has 1 atom stereocenters. The molecule has 0 bridgehead atoms. The summed E-state index contributed by atoms with van der Waals surface area (Å²) in [5, 5.41) is 9.50. The highest BCUT2D eigenvalue weighted by molar-refractivity contribution is 4.82. The third kappa shape index (κ3) is 1.87. The van der Waals surface area contributed by atoms with Crippen molar-refractivity contribution < 1.29 is 0 Å². The van der Waals surface area contributed by atoms with Gasteiger partial charge < -0.3 is 5.32 Å². The Kier molecular flexibility index (Phi) is 2.41. The zero-order valence-corrected chi connectivity index (χ0v) is 8.42. The van der Waals surface area contributed by atoms with Crippen LogP contribution in [-0.4, -0.2) is 27.9 Å². The molecule has 1 aromatic heterocycles. The normalized spacial score (nSPS) is 27.8. The van der Waals surface area contributed by atoms with Gasteiger partial charge in [-0.05, 0) is 24.8 Å². The van der Waals surface area contributed by atoms with Gasteiger partial charge >= 0.3 is 5.69 Å². The quantitative estimate of drug-likeness (QED) is 0.697. The van der Waals surface area contributed by atoms with E-state index in [1.807, 2.05) is 0 Å². The van der Waals surface area contributed by atoms with Gasteiger partial charge in [0.2, 0.25) is 0 Å². The number of hydrogen-bond acceptors (Lipinski definition) is 3. The van der Waals surface area contributed by atoms with Gasteiger partial charge in [-0.25, -0.2) is 9.89 Å². The molecule has 1 fully saturated rings. The van der Waals surface area contributed by atoms with Crippen molar-refractivity contribution in [1.82, 2.24) is 20.1 Å². The highest BCUT2D eigenvalue weighted by atomic mass is 16.1. The average Bonchev–Trinajstić information content (AvgIpc) is 2.52. The molecule has 2 rings (SSSR count). The van der Waals surface area contributed by atoms with Crippen LogP contribution in [0, 0.1) is 5.41 Å². The summed E-state index contributed by atoms with van der Waals surface area (Å²) in [6, 6.07) is 0. The molecule has 0 amide bonds. The van der Waals surface area contributed by atoms with Gasteiger partial charge in [0.05, 0.1) is 0 Å². The number of nitrogens with zero attached hydrogens (tertiary/aromatic N) is 2. The molecule has 2 N–H and O–H groups in total. The Hall–Kier alpha value is -1.10. The fourth-order valence-corrected chi connectivity index (χ4v) is 2.05. The molecule has 0 saturated carbocycles. The maximum atomic E-state index is 11.3. The largest absolute Gasteiger partial charge is 0.343 e. The first kappa shape index (κ1) is 9.45. The Morgan fingerprint density at radius 1 is 1.71 bits per heavy atom. The minimum atomic E-state index is -0.114. The Bertz CT molecular complexity index is 348. The second-order valence-electron chi connectivity index (χ2n) is 4.38. The summed E-state index contributed by atoms with van der Waals surface area (Å²) >= 11 is 0. The standard InChI is InChI=1S/C9H16N4O/c1-9(3-2-4-10-5-9)6-13-7-11-12-8(13)14/h7,10H,2-6H2,1H3,(H,12,14). The summed E-state index contributed by atoms with van der Waals surface area (Å²) < 4.78 is 1.65. The fourth-order valence-electron chi connectivity index (χ4n) is 2.05. The van der Waals surface area contributed by atoms with E-state index in [2.05, 4.69) is 22.4 Å². The number of aromatic amines is 1. The lowest BCUT2D eigenvalue weighted by atomic mass is 9.83. The summed E-state index contributed by atoms with van der Waals surface area (Å²) in [5.41, 5.74) is 0.0724. The summed E-state index contributed by atoms with van der Waals surface area (Å²) in [5.74, 6) is 0. The van der Waals surface area contributed by atoms with Crippen LogP contribution in [0.2, 0.25) is 0 Å². The van der Waals surface area contributed by atoms with Crippen LogP contribution < -0.4 is 11.0 Å². The molecule has 0 spiro atoms. The predicted molar refractivity (Wildman–Crippen MR) is 53.1 cm³/mol. The molecule has 1 aliphatic heterocycles.